The van der Waals surface area contributed by atoms with Gasteiger partial charge in [-0.25, -0.2) is 0 Å². The Hall–Kier alpha value is -1.75. The quantitative estimate of drug-likeness (QED) is 0.853. The number of aryl methyl sites for hydroxylation is 1. The molecule has 5 heteroatoms. The minimum atomic E-state index is 0.216. The zero-order chi connectivity index (χ0) is 11.7. The Balaban J connectivity index is 1.92. The van der Waals surface area contributed by atoms with Crippen molar-refractivity contribution >= 4 is 0 Å². The van der Waals surface area contributed by atoms with Crippen molar-refractivity contribution in [3.05, 3.63) is 29.9 Å². The monoisotopic (exact) mass is 230 g/mol. The maximum Gasteiger partial charge on any atom is 0.244 e. The molecule has 1 aliphatic rings. The predicted octanol–water partition coefficient (Wildman–Crippen LogP) is 1.86. The lowest BCUT2D eigenvalue weighted by Crippen LogP contribution is -2.12. The second-order valence-corrected chi connectivity index (χ2v) is 4.30. The molecular weight excluding hydrogens is 216 g/mol. The summed E-state index contributed by atoms with van der Waals surface area (Å²) in [5.41, 5.74) is 2.03. The molecule has 0 saturated carbocycles. The fourth-order valence-corrected chi connectivity index (χ4v) is 2.08. The first-order chi connectivity index (χ1) is 8.34. The van der Waals surface area contributed by atoms with Crippen molar-refractivity contribution in [3.63, 3.8) is 0 Å². The van der Waals surface area contributed by atoms with Crippen LogP contribution in [0.15, 0.2) is 23.0 Å². The first-order valence-electron chi connectivity index (χ1n) is 5.82. The molecule has 1 saturated heterocycles. The van der Waals surface area contributed by atoms with Gasteiger partial charge in [-0.3, -0.25) is 4.98 Å². The Morgan fingerprint density at radius 1 is 1.47 bits per heavy atom. The summed E-state index contributed by atoms with van der Waals surface area (Å²) in [6.45, 7) is 3.04. The summed E-state index contributed by atoms with van der Waals surface area (Å²) in [6.07, 6.45) is 5.76. The van der Waals surface area contributed by atoms with Crippen LogP contribution >= 0.6 is 0 Å². The molecule has 0 aliphatic carbocycles. The van der Waals surface area contributed by atoms with Crippen LogP contribution in [-0.4, -0.2) is 21.7 Å². The molecule has 2 aromatic rings. The molecule has 1 atom stereocenters. The lowest BCUT2D eigenvalue weighted by molar-refractivity contribution is 0.345. The fourth-order valence-electron chi connectivity index (χ4n) is 2.08. The van der Waals surface area contributed by atoms with Crippen LogP contribution in [0.2, 0.25) is 0 Å². The summed E-state index contributed by atoms with van der Waals surface area (Å²) in [6, 6.07) is 2.16. The smallest absolute Gasteiger partial charge is 0.244 e. The third-order valence-electron chi connectivity index (χ3n) is 3.08. The van der Waals surface area contributed by atoms with Crippen LogP contribution in [-0.2, 0) is 0 Å². The van der Waals surface area contributed by atoms with Gasteiger partial charge in [0, 0.05) is 18.0 Å². The summed E-state index contributed by atoms with van der Waals surface area (Å²) in [7, 11) is 0. The summed E-state index contributed by atoms with van der Waals surface area (Å²) in [5, 5.41) is 7.37. The first-order valence-corrected chi connectivity index (χ1v) is 5.82. The van der Waals surface area contributed by atoms with E-state index in [9.17, 15) is 0 Å². The topological polar surface area (TPSA) is 63.8 Å². The number of pyridine rings is 1. The SMILES string of the molecule is Cc1ccncc1-c1noc([C@@H]2CCCN2)n1. The average Bonchev–Trinajstić information content (AvgIpc) is 3.00. The Kier molecular flexibility index (Phi) is 2.60. The van der Waals surface area contributed by atoms with Gasteiger partial charge < -0.3 is 9.84 Å². The zero-order valence-electron chi connectivity index (χ0n) is 9.68. The number of aromatic nitrogens is 3. The minimum absolute atomic E-state index is 0.216. The highest BCUT2D eigenvalue weighted by Gasteiger charge is 2.22. The van der Waals surface area contributed by atoms with E-state index < -0.39 is 0 Å². The molecule has 1 fully saturated rings. The highest BCUT2D eigenvalue weighted by molar-refractivity contribution is 5.57. The second-order valence-electron chi connectivity index (χ2n) is 4.30. The number of nitrogens with one attached hydrogen (secondary N) is 1. The minimum Gasteiger partial charge on any atom is -0.337 e. The molecule has 0 spiro atoms. The molecule has 2 aromatic heterocycles. The molecule has 3 heterocycles. The molecule has 0 aromatic carbocycles. The molecule has 1 N–H and O–H groups in total. The van der Waals surface area contributed by atoms with Crippen molar-refractivity contribution in [1.29, 1.82) is 0 Å². The molecule has 5 nitrogen and oxygen atoms in total. The zero-order valence-corrected chi connectivity index (χ0v) is 9.68. The van der Waals surface area contributed by atoms with Crippen LogP contribution in [0.25, 0.3) is 11.4 Å². The van der Waals surface area contributed by atoms with E-state index >= 15 is 0 Å². The standard InChI is InChI=1S/C12H14N4O/c1-8-4-6-13-7-9(8)11-15-12(17-16-11)10-3-2-5-14-10/h4,6-7,10,14H,2-3,5H2,1H3/t10-/m0/s1. The second kappa shape index (κ2) is 4.25. The van der Waals surface area contributed by atoms with E-state index in [0.29, 0.717) is 11.7 Å². The lowest BCUT2D eigenvalue weighted by atomic mass is 10.1. The molecule has 88 valence electrons. The maximum atomic E-state index is 5.31. The van der Waals surface area contributed by atoms with Crippen molar-refractivity contribution in [2.75, 3.05) is 6.54 Å². The van der Waals surface area contributed by atoms with Gasteiger partial charge in [0.25, 0.3) is 0 Å². The highest BCUT2D eigenvalue weighted by atomic mass is 16.5. The van der Waals surface area contributed by atoms with Gasteiger partial charge >= 0.3 is 0 Å². The highest BCUT2D eigenvalue weighted by Crippen LogP contribution is 2.25. The Morgan fingerprint density at radius 2 is 2.41 bits per heavy atom. The van der Waals surface area contributed by atoms with Crippen LogP contribution in [0.4, 0.5) is 0 Å². The predicted molar refractivity (Wildman–Crippen MR) is 62.2 cm³/mol. The van der Waals surface area contributed by atoms with Gasteiger partial charge in [0.2, 0.25) is 11.7 Å². The molecule has 0 radical (unpaired) electrons. The Bertz CT molecular complexity index is 517. The maximum absolute atomic E-state index is 5.31. The van der Waals surface area contributed by atoms with Gasteiger partial charge in [-0.15, -0.1) is 0 Å². The normalized spacial score (nSPS) is 19.7. The van der Waals surface area contributed by atoms with E-state index in [4.69, 9.17) is 4.52 Å². The van der Waals surface area contributed by atoms with Crippen molar-refractivity contribution in [3.8, 4) is 11.4 Å². The van der Waals surface area contributed by atoms with Gasteiger partial charge in [0.05, 0.1) is 6.04 Å². The van der Waals surface area contributed by atoms with Crippen LogP contribution in [0.3, 0.4) is 0 Å². The summed E-state index contributed by atoms with van der Waals surface area (Å²) in [5.74, 6) is 1.31. The first kappa shape index (κ1) is 10.4. The van der Waals surface area contributed by atoms with Crippen LogP contribution < -0.4 is 5.32 Å². The van der Waals surface area contributed by atoms with E-state index in [1.54, 1.807) is 12.4 Å². The number of hydrogen-bond acceptors (Lipinski definition) is 5. The van der Waals surface area contributed by atoms with E-state index in [2.05, 4.69) is 20.4 Å². The van der Waals surface area contributed by atoms with Crippen LogP contribution in [0.1, 0.15) is 30.3 Å². The van der Waals surface area contributed by atoms with Crippen molar-refractivity contribution in [2.24, 2.45) is 0 Å². The molecule has 1 aliphatic heterocycles. The Morgan fingerprint density at radius 3 is 3.18 bits per heavy atom. The molecular formula is C12H14N4O. The van der Waals surface area contributed by atoms with Crippen molar-refractivity contribution in [2.45, 2.75) is 25.8 Å². The van der Waals surface area contributed by atoms with E-state index in [1.165, 1.54) is 0 Å². The van der Waals surface area contributed by atoms with E-state index in [0.717, 1.165) is 30.5 Å². The molecule has 0 amide bonds. The van der Waals surface area contributed by atoms with Gasteiger partial charge in [-0.2, -0.15) is 4.98 Å². The summed E-state index contributed by atoms with van der Waals surface area (Å²) < 4.78 is 5.31. The number of hydrogen-bond donors (Lipinski definition) is 1. The van der Waals surface area contributed by atoms with Crippen LogP contribution in [0.5, 0.6) is 0 Å². The fraction of sp³-hybridized carbons (Fsp3) is 0.417. The van der Waals surface area contributed by atoms with Crippen LogP contribution in [0, 0.1) is 6.92 Å². The van der Waals surface area contributed by atoms with Gasteiger partial charge in [0.1, 0.15) is 0 Å². The summed E-state index contributed by atoms with van der Waals surface area (Å²) >= 11 is 0. The Labute approximate surface area is 99.3 Å². The molecule has 17 heavy (non-hydrogen) atoms. The van der Waals surface area contributed by atoms with Crippen molar-refractivity contribution in [1.82, 2.24) is 20.4 Å². The third-order valence-corrected chi connectivity index (χ3v) is 3.08. The van der Waals surface area contributed by atoms with Gasteiger partial charge in [-0.05, 0) is 37.9 Å². The van der Waals surface area contributed by atoms with Crippen molar-refractivity contribution < 1.29 is 4.52 Å². The van der Waals surface area contributed by atoms with Gasteiger partial charge in [-0.1, -0.05) is 5.16 Å². The third kappa shape index (κ3) is 1.93. The molecule has 0 bridgehead atoms. The lowest BCUT2D eigenvalue weighted by Gasteiger charge is -2.01. The van der Waals surface area contributed by atoms with E-state index in [1.807, 2.05) is 13.0 Å². The largest absolute Gasteiger partial charge is 0.337 e. The average molecular weight is 230 g/mol. The number of nitrogens with zero attached hydrogens (tertiary/aromatic N) is 3. The van der Waals surface area contributed by atoms with E-state index in [-0.39, 0.29) is 6.04 Å². The molecule has 3 rings (SSSR count). The number of rotatable bonds is 2. The molecule has 0 unspecified atom stereocenters. The van der Waals surface area contributed by atoms with Gasteiger partial charge in [0.15, 0.2) is 0 Å². The summed E-state index contributed by atoms with van der Waals surface area (Å²) in [4.78, 5) is 8.53.